The Morgan fingerprint density at radius 1 is 1.44 bits per heavy atom. The monoisotopic (exact) mass is 290 g/mol. The summed E-state index contributed by atoms with van der Waals surface area (Å²) in [5, 5.41) is 10.1. The molecule has 2 heterocycles. The van der Waals surface area contributed by atoms with Crippen LogP contribution in [0.4, 0.5) is 0 Å². The van der Waals surface area contributed by atoms with Gasteiger partial charge in [-0.2, -0.15) is 4.31 Å². The minimum Gasteiger partial charge on any atom is -0.387 e. The number of aliphatic hydroxyl groups is 1. The Kier molecular flexibility index (Phi) is 2.51. The van der Waals surface area contributed by atoms with E-state index in [1.54, 1.807) is 6.92 Å². The fourth-order valence-electron chi connectivity index (χ4n) is 2.37. The van der Waals surface area contributed by atoms with E-state index in [0.29, 0.717) is 17.0 Å². The number of thiazole rings is 1. The first kappa shape index (κ1) is 12.3. The van der Waals surface area contributed by atoms with Crippen LogP contribution in [0.1, 0.15) is 18.5 Å². The van der Waals surface area contributed by atoms with Gasteiger partial charge in [-0.25, -0.2) is 8.42 Å². The Balaban J connectivity index is 1.85. The molecule has 1 aromatic rings. The van der Waals surface area contributed by atoms with E-state index in [9.17, 15) is 18.3 Å². The van der Waals surface area contributed by atoms with Gasteiger partial charge in [0.2, 0.25) is 0 Å². The second-order valence-electron chi connectivity index (χ2n) is 5.08. The lowest BCUT2D eigenvalue weighted by atomic mass is 9.91. The van der Waals surface area contributed by atoms with Gasteiger partial charge in [0.1, 0.15) is 0 Å². The van der Waals surface area contributed by atoms with Crippen LogP contribution in [0.3, 0.4) is 0 Å². The quantitative estimate of drug-likeness (QED) is 0.812. The number of β-amino-alcohol motifs (C(OH)–C–C–N with tert-alkyl or cyclic N) is 1. The van der Waals surface area contributed by atoms with Gasteiger partial charge in [0.25, 0.3) is 10.0 Å². The fraction of sp³-hybridized carbons (Fsp3) is 0.700. The highest BCUT2D eigenvalue weighted by molar-refractivity contribution is 7.91. The molecule has 1 saturated heterocycles. The summed E-state index contributed by atoms with van der Waals surface area (Å²) in [5.41, 5.74) is -0.478. The highest BCUT2D eigenvalue weighted by atomic mass is 32.2. The molecular formula is C10H14N2O4S2. The molecule has 1 aromatic heterocycles. The van der Waals surface area contributed by atoms with Gasteiger partial charge < -0.3 is 10.1 Å². The average molecular weight is 290 g/mol. The van der Waals surface area contributed by atoms with Crippen LogP contribution in [0, 0.1) is 12.8 Å². The van der Waals surface area contributed by atoms with E-state index in [1.165, 1.54) is 4.31 Å². The lowest BCUT2D eigenvalue weighted by Gasteiger charge is -2.45. The maximum Gasteiger partial charge on any atom is 0.305 e. The number of aryl methyl sites for hydroxylation is 1. The van der Waals surface area contributed by atoms with Crippen LogP contribution in [0.15, 0.2) is 9.00 Å². The first-order valence-electron chi connectivity index (χ1n) is 5.75. The van der Waals surface area contributed by atoms with Crippen LogP contribution >= 0.6 is 11.3 Å². The Morgan fingerprint density at radius 2 is 2.06 bits per heavy atom. The Bertz CT molecular complexity index is 635. The van der Waals surface area contributed by atoms with Crippen molar-refractivity contribution in [3.05, 3.63) is 15.4 Å². The van der Waals surface area contributed by atoms with Crippen molar-refractivity contribution in [2.75, 3.05) is 13.1 Å². The summed E-state index contributed by atoms with van der Waals surface area (Å²) in [6.07, 6.45) is 1.95. The number of hydrogen-bond acceptors (Lipinski definition) is 5. The molecule has 0 spiro atoms. The molecule has 1 aliphatic heterocycles. The summed E-state index contributed by atoms with van der Waals surface area (Å²) < 4.78 is 25.8. The lowest BCUT2D eigenvalue weighted by Crippen LogP contribution is -2.64. The van der Waals surface area contributed by atoms with Gasteiger partial charge in [0.05, 0.1) is 5.60 Å². The number of nitrogens with zero attached hydrogens (tertiary/aromatic N) is 1. The molecule has 1 saturated carbocycles. The molecule has 6 nitrogen and oxygen atoms in total. The van der Waals surface area contributed by atoms with Crippen LogP contribution in [-0.4, -0.2) is 41.5 Å². The standard InChI is InChI=1S/C10H14N2O4S2/c1-6-8(17-9(13)11-6)18(15,16)12-4-10(14,5-12)7-2-3-7/h7,14H,2-5H2,1H3,(H,11,13). The maximum absolute atomic E-state index is 12.2. The van der Waals surface area contributed by atoms with Crippen LogP contribution < -0.4 is 4.87 Å². The number of aromatic amines is 1. The molecule has 0 amide bonds. The van der Waals surface area contributed by atoms with Crippen molar-refractivity contribution in [3.63, 3.8) is 0 Å². The van der Waals surface area contributed by atoms with Crippen molar-refractivity contribution < 1.29 is 13.5 Å². The normalized spacial score (nSPS) is 23.9. The van der Waals surface area contributed by atoms with Crippen molar-refractivity contribution in [2.24, 2.45) is 5.92 Å². The van der Waals surface area contributed by atoms with Gasteiger partial charge in [-0.3, -0.25) is 4.79 Å². The summed E-state index contributed by atoms with van der Waals surface area (Å²) in [7, 11) is -3.63. The zero-order chi connectivity index (χ0) is 13.1. The van der Waals surface area contributed by atoms with Gasteiger partial charge >= 0.3 is 4.87 Å². The predicted molar refractivity (Wildman–Crippen MR) is 66.1 cm³/mol. The van der Waals surface area contributed by atoms with Crippen molar-refractivity contribution in [3.8, 4) is 0 Å². The third-order valence-electron chi connectivity index (χ3n) is 3.59. The first-order valence-corrected chi connectivity index (χ1v) is 8.01. The number of rotatable bonds is 3. The highest BCUT2D eigenvalue weighted by Gasteiger charge is 2.55. The predicted octanol–water partition coefficient (Wildman–Crippen LogP) is -0.110. The van der Waals surface area contributed by atoms with Gasteiger partial charge in [0.15, 0.2) is 4.21 Å². The molecule has 0 aromatic carbocycles. The molecule has 0 radical (unpaired) electrons. The van der Waals surface area contributed by atoms with E-state index in [4.69, 9.17) is 0 Å². The number of aromatic nitrogens is 1. The van der Waals surface area contributed by atoms with Gasteiger partial charge in [0, 0.05) is 18.8 Å². The number of hydrogen-bond donors (Lipinski definition) is 2. The summed E-state index contributed by atoms with van der Waals surface area (Å²) in [5.74, 6) is 0.245. The third kappa shape index (κ3) is 1.75. The van der Waals surface area contributed by atoms with Crippen molar-refractivity contribution in [1.82, 2.24) is 9.29 Å². The molecule has 8 heteroatoms. The average Bonchev–Trinajstić information content (AvgIpc) is 3.00. The molecule has 0 bridgehead atoms. The Labute approximate surface area is 108 Å². The highest BCUT2D eigenvalue weighted by Crippen LogP contribution is 2.46. The first-order chi connectivity index (χ1) is 8.33. The van der Waals surface area contributed by atoms with Crippen LogP contribution in [-0.2, 0) is 10.0 Å². The van der Waals surface area contributed by atoms with Gasteiger partial charge in [-0.15, -0.1) is 0 Å². The fourth-order valence-corrected chi connectivity index (χ4v) is 5.37. The smallest absolute Gasteiger partial charge is 0.305 e. The molecular weight excluding hydrogens is 276 g/mol. The second kappa shape index (κ2) is 3.66. The van der Waals surface area contributed by atoms with E-state index < -0.39 is 15.6 Å². The molecule has 1 aliphatic carbocycles. The van der Waals surface area contributed by atoms with E-state index in [-0.39, 0.29) is 28.1 Å². The second-order valence-corrected chi connectivity index (χ2v) is 8.19. The third-order valence-corrected chi connectivity index (χ3v) is 6.97. The van der Waals surface area contributed by atoms with E-state index in [2.05, 4.69) is 4.98 Å². The van der Waals surface area contributed by atoms with Crippen LogP contribution in [0.5, 0.6) is 0 Å². The Morgan fingerprint density at radius 3 is 2.50 bits per heavy atom. The van der Waals surface area contributed by atoms with Gasteiger partial charge in [-0.1, -0.05) is 11.3 Å². The molecule has 2 N–H and O–H groups in total. The zero-order valence-corrected chi connectivity index (χ0v) is 11.5. The zero-order valence-electron chi connectivity index (χ0n) is 9.84. The summed E-state index contributed by atoms with van der Waals surface area (Å²) in [6.45, 7) is 1.86. The summed E-state index contributed by atoms with van der Waals surface area (Å²) in [6, 6.07) is 0. The number of sulfonamides is 1. The van der Waals surface area contributed by atoms with E-state index in [1.807, 2.05) is 0 Å². The van der Waals surface area contributed by atoms with Crippen molar-refractivity contribution in [1.29, 1.82) is 0 Å². The molecule has 18 heavy (non-hydrogen) atoms. The van der Waals surface area contributed by atoms with Crippen molar-refractivity contribution >= 4 is 21.4 Å². The molecule has 0 unspecified atom stereocenters. The minimum absolute atomic E-state index is 0.0605. The number of nitrogens with one attached hydrogen (secondary N) is 1. The molecule has 2 aliphatic rings. The molecule has 0 atom stereocenters. The summed E-state index contributed by atoms with van der Waals surface area (Å²) in [4.78, 5) is 13.3. The lowest BCUT2D eigenvalue weighted by molar-refractivity contribution is -0.0764. The van der Waals surface area contributed by atoms with Gasteiger partial charge in [-0.05, 0) is 25.7 Å². The topological polar surface area (TPSA) is 90.5 Å². The van der Waals surface area contributed by atoms with Crippen LogP contribution in [0.2, 0.25) is 0 Å². The van der Waals surface area contributed by atoms with E-state index in [0.717, 1.165) is 12.8 Å². The van der Waals surface area contributed by atoms with Crippen LogP contribution in [0.25, 0.3) is 0 Å². The Hall–Kier alpha value is -0.700. The largest absolute Gasteiger partial charge is 0.387 e. The SMILES string of the molecule is Cc1[nH]c(=O)sc1S(=O)(=O)N1CC(O)(C2CC2)C1. The minimum atomic E-state index is -3.63. The molecule has 100 valence electrons. The van der Waals surface area contributed by atoms with E-state index >= 15 is 0 Å². The molecule has 3 rings (SSSR count). The molecule has 2 fully saturated rings. The van der Waals surface area contributed by atoms with Crippen molar-refractivity contribution in [2.45, 2.75) is 29.6 Å². The maximum atomic E-state index is 12.2. The summed E-state index contributed by atoms with van der Waals surface area (Å²) >= 11 is 0.701. The number of H-pyrrole nitrogens is 1.